The summed E-state index contributed by atoms with van der Waals surface area (Å²) in [6.07, 6.45) is 1.39. The first kappa shape index (κ1) is 18.7. The number of nitro groups is 1. The zero-order valence-electron chi connectivity index (χ0n) is 13.5. The third-order valence-electron chi connectivity index (χ3n) is 3.53. The number of nitriles is 1. The maximum absolute atomic E-state index is 13.9. The van der Waals surface area contributed by atoms with Gasteiger partial charge in [0.1, 0.15) is 22.5 Å². The molecule has 134 valence electrons. The van der Waals surface area contributed by atoms with Gasteiger partial charge in [-0.05, 0) is 30.3 Å². The third-order valence-corrected chi connectivity index (χ3v) is 4.90. The van der Waals surface area contributed by atoms with Crippen molar-refractivity contribution in [1.29, 1.82) is 5.26 Å². The van der Waals surface area contributed by atoms with Crippen molar-refractivity contribution >= 4 is 44.2 Å². The predicted molar refractivity (Wildman–Crippen MR) is 106 cm³/mol. The molecule has 3 rings (SSSR count). The van der Waals surface area contributed by atoms with Gasteiger partial charge in [-0.2, -0.15) is 5.26 Å². The molecule has 0 aliphatic rings. The summed E-state index contributed by atoms with van der Waals surface area (Å²) in [6, 6.07) is 12.6. The summed E-state index contributed by atoms with van der Waals surface area (Å²) in [5, 5.41) is 25.1. The number of hydrogen-bond donors (Lipinski definition) is 1. The van der Waals surface area contributed by atoms with E-state index in [0.717, 1.165) is 0 Å². The molecule has 9 heteroatoms. The fraction of sp³-hybridized carbons (Fsp3) is 0. The average molecular weight is 445 g/mol. The quantitative estimate of drug-likeness (QED) is 0.314. The smallest absolute Gasteiger partial charge is 0.269 e. The molecule has 0 atom stereocenters. The van der Waals surface area contributed by atoms with E-state index >= 15 is 0 Å². The van der Waals surface area contributed by atoms with Crippen molar-refractivity contribution < 1.29 is 9.31 Å². The van der Waals surface area contributed by atoms with Crippen LogP contribution >= 0.6 is 27.3 Å². The Bertz CT molecular complexity index is 1070. The highest BCUT2D eigenvalue weighted by molar-refractivity contribution is 9.10. The van der Waals surface area contributed by atoms with Crippen LogP contribution in [0.5, 0.6) is 0 Å². The van der Waals surface area contributed by atoms with Gasteiger partial charge in [0, 0.05) is 33.7 Å². The number of nitrogens with one attached hydrogen (secondary N) is 1. The Balaban J connectivity index is 1.82. The molecule has 0 unspecified atom stereocenters. The van der Waals surface area contributed by atoms with E-state index in [9.17, 15) is 19.8 Å². The van der Waals surface area contributed by atoms with E-state index in [4.69, 9.17) is 0 Å². The molecule has 2 aromatic carbocycles. The van der Waals surface area contributed by atoms with Crippen molar-refractivity contribution in [2.75, 3.05) is 5.32 Å². The molecule has 6 nitrogen and oxygen atoms in total. The molecular weight excluding hydrogens is 435 g/mol. The maximum Gasteiger partial charge on any atom is 0.269 e. The summed E-state index contributed by atoms with van der Waals surface area (Å²) in [4.78, 5) is 14.6. The molecule has 3 aromatic rings. The van der Waals surface area contributed by atoms with Crippen molar-refractivity contribution in [3.05, 3.63) is 79.5 Å². The van der Waals surface area contributed by atoms with Gasteiger partial charge < -0.3 is 5.32 Å². The van der Waals surface area contributed by atoms with Gasteiger partial charge in [-0.3, -0.25) is 10.1 Å². The number of nitrogens with zero attached hydrogens (tertiary/aromatic N) is 3. The lowest BCUT2D eigenvalue weighted by atomic mass is 10.1. The number of hydrogen-bond acceptors (Lipinski definition) is 6. The molecule has 0 aliphatic heterocycles. The second-order valence-electron chi connectivity index (χ2n) is 5.28. The molecule has 0 spiro atoms. The fourth-order valence-electron chi connectivity index (χ4n) is 2.18. The van der Waals surface area contributed by atoms with Crippen LogP contribution in [-0.2, 0) is 0 Å². The lowest BCUT2D eigenvalue weighted by molar-refractivity contribution is -0.384. The Kier molecular flexibility index (Phi) is 5.59. The predicted octanol–water partition coefficient (Wildman–Crippen LogP) is 5.60. The van der Waals surface area contributed by atoms with Crippen molar-refractivity contribution in [3.8, 4) is 17.3 Å². The van der Waals surface area contributed by atoms with Crippen molar-refractivity contribution in [2.24, 2.45) is 0 Å². The summed E-state index contributed by atoms with van der Waals surface area (Å²) in [6.45, 7) is 0. The fourth-order valence-corrected chi connectivity index (χ4v) is 3.31. The van der Waals surface area contributed by atoms with E-state index in [-0.39, 0.29) is 16.9 Å². The molecule has 0 aliphatic carbocycles. The van der Waals surface area contributed by atoms with Crippen molar-refractivity contribution in [1.82, 2.24) is 4.98 Å². The highest BCUT2D eigenvalue weighted by Crippen LogP contribution is 2.28. The number of anilines is 1. The summed E-state index contributed by atoms with van der Waals surface area (Å²) in [7, 11) is 0. The van der Waals surface area contributed by atoms with Gasteiger partial charge in [0.05, 0.1) is 16.3 Å². The Morgan fingerprint density at radius 3 is 2.70 bits per heavy atom. The molecule has 0 saturated carbocycles. The Labute approximate surface area is 165 Å². The van der Waals surface area contributed by atoms with E-state index in [2.05, 4.69) is 26.2 Å². The lowest BCUT2D eigenvalue weighted by Crippen LogP contribution is -1.94. The highest BCUT2D eigenvalue weighted by Gasteiger charge is 2.11. The number of halogens is 2. The molecule has 0 bridgehead atoms. The van der Waals surface area contributed by atoms with Crippen LogP contribution in [0.3, 0.4) is 0 Å². The summed E-state index contributed by atoms with van der Waals surface area (Å²) in [5.74, 6) is -0.455. The maximum atomic E-state index is 13.9. The number of aromatic nitrogens is 1. The topological polar surface area (TPSA) is 91.8 Å². The van der Waals surface area contributed by atoms with Gasteiger partial charge in [-0.15, -0.1) is 11.3 Å². The number of non-ortho nitro benzene ring substituents is 1. The molecule has 0 amide bonds. The standard InChI is InChI=1S/C18H10BrFN4O2S/c19-13-3-6-16(15(20)7-13)22-9-12(8-21)18-23-17(10-27-18)11-1-4-14(5-2-11)24(25)26/h1-7,9-10,22H/b12-9+. The van der Waals surface area contributed by atoms with Crippen LogP contribution in [0.15, 0.2) is 58.5 Å². The van der Waals surface area contributed by atoms with E-state index in [1.165, 1.54) is 35.7 Å². The largest absolute Gasteiger partial charge is 0.358 e. The Hall–Kier alpha value is -3.09. The molecule has 0 radical (unpaired) electrons. The molecule has 0 saturated heterocycles. The molecule has 1 aromatic heterocycles. The summed E-state index contributed by atoms with van der Waals surface area (Å²) in [5.41, 5.74) is 1.77. The molecule has 0 fully saturated rings. The van der Waals surface area contributed by atoms with E-state index in [1.807, 2.05) is 6.07 Å². The normalized spacial score (nSPS) is 11.1. The van der Waals surface area contributed by atoms with Crippen LogP contribution < -0.4 is 5.32 Å². The average Bonchev–Trinajstić information content (AvgIpc) is 3.14. The number of nitro benzene ring substituents is 1. The molecule has 1 heterocycles. The second-order valence-corrected chi connectivity index (χ2v) is 7.05. The van der Waals surface area contributed by atoms with E-state index < -0.39 is 10.7 Å². The Morgan fingerprint density at radius 1 is 1.33 bits per heavy atom. The van der Waals surface area contributed by atoms with Crippen LogP contribution in [0.1, 0.15) is 5.01 Å². The zero-order valence-corrected chi connectivity index (χ0v) is 15.9. The zero-order chi connectivity index (χ0) is 19.4. The van der Waals surface area contributed by atoms with E-state index in [0.29, 0.717) is 20.7 Å². The van der Waals surface area contributed by atoms with Crippen LogP contribution in [0.2, 0.25) is 0 Å². The first-order valence-corrected chi connectivity index (χ1v) is 9.18. The van der Waals surface area contributed by atoms with Gasteiger partial charge >= 0.3 is 0 Å². The minimum Gasteiger partial charge on any atom is -0.358 e. The van der Waals surface area contributed by atoms with Gasteiger partial charge in [0.15, 0.2) is 0 Å². The number of rotatable bonds is 5. The van der Waals surface area contributed by atoms with Gasteiger partial charge in [-0.25, -0.2) is 9.37 Å². The third kappa shape index (κ3) is 4.36. The van der Waals surface area contributed by atoms with Crippen molar-refractivity contribution in [2.45, 2.75) is 0 Å². The lowest BCUT2D eigenvalue weighted by Gasteiger charge is -2.03. The van der Waals surface area contributed by atoms with Gasteiger partial charge in [0.2, 0.25) is 0 Å². The molecule has 27 heavy (non-hydrogen) atoms. The van der Waals surface area contributed by atoms with Crippen LogP contribution in [0, 0.1) is 27.3 Å². The highest BCUT2D eigenvalue weighted by atomic mass is 79.9. The molecule has 1 N–H and O–H groups in total. The van der Waals surface area contributed by atoms with Crippen molar-refractivity contribution in [3.63, 3.8) is 0 Å². The first-order valence-electron chi connectivity index (χ1n) is 7.50. The van der Waals surface area contributed by atoms with E-state index in [1.54, 1.807) is 29.6 Å². The van der Waals surface area contributed by atoms with Crippen LogP contribution in [0.25, 0.3) is 16.8 Å². The number of thiazole rings is 1. The molecular formula is C18H10BrFN4O2S. The SMILES string of the molecule is N#C/C(=C\Nc1ccc(Br)cc1F)c1nc(-c2ccc([N+](=O)[O-])cc2)cs1. The first-order chi connectivity index (χ1) is 13.0. The van der Waals surface area contributed by atoms with Gasteiger partial charge in [-0.1, -0.05) is 15.9 Å². The van der Waals surface area contributed by atoms with Crippen LogP contribution in [-0.4, -0.2) is 9.91 Å². The van der Waals surface area contributed by atoms with Crippen LogP contribution in [0.4, 0.5) is 15.8 Å². The number of benzene rings is 2. The summed E-state index contributed by atoms with van der Waals surface area (Å²) < 4.78 is 14.5. The summed E-state index contributed by atoms with van der Waals surface area (Å²) >= 11 is 4.44. The monoisotopic (exact) mass is 444 g/mol. The second kappa shape index (κ2) is 8.07. The van der Waals surface area contributed by atoms with Gasteiger partial charge in [0.25, 0.3) is 5.69 Å². The minimum atomic E-state index is -0.473. The number of allylic oxidation sites excluding steroid dienone is 1. The Morgan fingerprint density at radius 2 is 2.07 bits per heavy atom. The minimum absolute atomic E-state index is 0.00691.